The summed E-state index contributed by atoms with van der Waals surface area (Å²) in [6.45, 7) is 9.44. The average Bonchev–Trinajstić information content (AvgIpc) is 2.30. The van der Waals surface area contributed by atoms with Gasteiger partial charge in [-0.1, -0.05) is 0 Å². The molecule has 1 aliphatic heterocycles. The number of hydrogen-bond donors (Lipinski definition) is 1. The van der Waals surface area contributed by atoms with Gasteiger partial charge < -0.3 is 15.0 Å². The molecule has 6 heteroatoms. The molecule has 1 saturated heterocycles. The van der Waals surface area contributed by atoms with E-state index in [1.54, 1.807) is 6.20 Å². The lowest BCUT2D eigenvalue weighted by Gasteiger charge is -2.39. The van der Waals surface area contributed by atoms with Crippen LogP contribution in [0.5, 0.6) is 0 Å². The molecule has 0 radical (unpaired) electrons. The van der Waals surface area contributed by atoms with Crippen LogP contribution in [-0.4, -0.2) is 41.8 Å². The van der Waals surface area contributed by atoms with Gasteiger partial charge in [-0.2, -0.15) is 4.98 Å². The predicted octanol–water partition coefficient (Wildman–Crippen LogP) is 2.29. The summed E-state index contributed by atoms with van der Waals surface area (Å²) in [5.41, 5.74) is -0.138. The SMILES string of the molecule is CCNc1ncc(Br)c(N2CCOC(C)(C)C2)n1. The molecule has 0 spiro atoms. The summed E-state index contributed by atoms with van der Waals surface area (Å²) in [5, 5.41) is 3.13. The highest BCUT2D eigenvalue weighted by atomic mass is 79.9. The molecule has 0 aromatic carbocycles. The summed E-state index contributed by atoms with van der Waals surface area (Å²) in [4.78, 5) is 11.0. The van der Waals surface area contributed by atoms with Gasteiger partial charge in [0.15, 0.2) is 0 Å². The highest BCUT2D eigenvalue weighted by molar-refractivity contribution is 9.10. The standard InChI is InChI=1S/C12H19BrN4O/c1-4-14-11-15-7-9(13)10(16-11)17-5-6-18-12(2,3)8-17/h7H,4-6,8H2,1-3H3,(H,14,15,16). The number of nitrogens with zero attached hydrogens (tertiary/aromatic N) is 3. The van der Waals surface area contributed by atoms with E-state index in [4.69, 9.17) is 4.74 Å². The molecule has 0 aliphatic carbocycles. The Hall–Kier alpha value is -0.880. The number of nitrogens with one attached hydrogen (secondary N) is 1. The molecule has 0 bridgehead atoms. The first-order valence-corrected chi connectivity index (χ1v) is 6.96. The van der Waals surface area contributed by atoms with E-state index in [9.17, 15) is 0 Å². The summed E-state index contributed by atoms with van der Waals surface area (Å²) < 4.78 is 6.64. The van der Waals surface area contributed by atoms with Gasteiger partial charge in [-0.3, -0.25) is 0 Å². The highest BCUT2D eigenvalue weighted by Gasteiger charge is 2.29. The fourth-order valence-corrected chi connectivity index (χ4v) is 2.46. The minimum Gasteiger partial charge on any atom is -0.372 e. The van der Waals surface area contributed by atoms with Gasteiger partial charge in [0.25, 0.3) is 0 Å². The summed E-state index contributed by atoms with van der Waals surface area (Å²) in [7, 11) is 0. The molecule has 1 aromatic heterocycles. The molecule has 2 rings (SSSR count). The monoisotopic (exact) mass is 314 g/mol. The Labute approximate surface area is 116 Å². The summed E-state index contributed by atoms with van der Waals surface area (Å²) >= 11 is 3.52. The smallest absolute Gasteiger partial charge is 0.224 e. The van der Waals surface area contributed by atoms with Crippen molar-refractivity contribution in [1.29, 1.82) is 0 Å². The van der Waals surface area contributed by atoms with Gasteiger partial charge in [0.2, 0.25) is 5.95 Å². The maximum atomic E-state index is 5.72. The van der Waals surface area contributed by atoms with Gasteiger partial charge in [-0.05, 0) is 36.7 Å². The van der Waals surface area contributed by atoms with Crippen LogP contribution in [0.3, 0.4) is 0 Å². The van der Waals surface area contributed by atoms with Crippen molar-refractivity contribution in [3.63, 3.8) is 0 Å². The molecule has 1 N–H and O–H groups in total. The van der Waals surface area contributed by atoms with Crippen molar-refractivity contribution in [2.45, 2.75) is 26.4 Å². The number of halogens is 1. The predicted molar refractivity (Wildman–Crippen MR) is 76.1 cm³/mol. The molecule has 2 heterocycles. The maximum absolute atomic E-state index is 5.72. The van der Waals surface area contributed by atoms with Crippen molar-refractivity contribution in [3.05, 3.63) is 10.7 Å². The lowest BCUT2D eigenvalue weighted by Crippen LogP contribution is -2.48. The molecule has 5 nitrogen and oxygen atoms in total. The van der Waals surface area contributed by atoms with Crippen molar-refractivity contribution >= 4 is 27.7 Å². The Bertz CT molecular complexity index is 425. The molecular weight excluding hydrogens is 296 g/mol. The second kappa shape index (κ2) is 5.40. The molecule has 1 fully saturated rings. The van der Waals surface area contributed by atoms with Crippen molar-refractivity contribution < 1.29 is 4.74 Å². The zero-order chi connectivity index (χ0) is 13.2. The van der Waals surface area contributed by atoms with E-state index in [-0.39, 0.29) is 5.60 Å². The molecule has 0 amide bonds. The first-order valence-electron chi connectivity index (χ1n) is 6.17. The van der Waals surface area contributed by atoms with Gasteiger partial charge in [-0.15, -0.1) is 0 Å². The first-order chi connectivity index (χ1) is 8.52. The lowest BCUT2D eigenvalue weighted by molar-refractivity contribution is -0.0279. The van der Waals surface area contributed by atoms with Gasteiger partial charge in [0.1, 0.15) is 5.82 Å². The zero-order valence-electron chi connectivity index (χ0n) is 11.0. The quantitative estimate of drug-likeness (QED) is 0.927. The molecule has 0 unspecified atom stereocenters. The van der Waals surface area contributed by atoms with Crippen molar-refractivity contribution in [2.24, 2.45) is 0 Å². The van der Waals surface area contributed by atoms with Crippen LogP contribution in [-0.2, 0) is 4.74 Å². The van der Waals surface area contributed by atoms with Crippen LogP contribution >= 0.6 is 15.9 Å². The minimum atomic E-state index is -0.138. The number of rotatable bonds is 3. The fraction of sp³-hybridized carbons (Fsp3) is 0.667. The molecule has 1 aromatic rings. The number of morpholine rings is 1. The van der Waals surface area contributed by atoms with Gasteiger partial charge in [-0.25, -0.2) is 4.98 Å². The van der Waals surface area contributed by atoms with E-state index in [1.807, 2.05) is 6.92 Å². The first kappa shape index (κ1) is 13.5. The van der Waals surface area contributed by atoms with E-state index in [2.05, 4.69) is 50.0 Å². The van der Waals surface area contributed by atoms with Crippen LogP contribution < -0.4 is 10.2 Å². The van der Waals surface area contributed by atoms with Gasteiger partial charge >= 0.3 is 0 Å². The minimum absolute atomic E-state index is 0.138. The Morgan fingerprint density at radius 3 is 3.00 bits per heavy atom. The van der Waals surface area contributed by atoms with Crippen molar-refractivity contribution in [1.82, 2.24) is 9.97 Å². The summed E-state index contributed by atoms with van der Waals surface area (Å²) in [6, 6.07) is 0. The largest absolute Gasteiger partial charge is 0.372 e. The molecule has 0 atom stereocenters. The van der Waals surface area contributed by atoms with Crippen molar-refractivity contribution in [3.8, 4) is 0 Å². The van der Waals surface area contributed by atoms with Crippen molar-refractivity contribution in [2.75, 3.05) is 36.5 Å². The van der Waals surface area contributed by atoms with E-state index in [0.717, 1.165) is 36.5 Å². The Morgan fingerprint density at radius 2 is 2.33 bits per heavy atom. The molecule has 1 aliphatic rings. The van der Waals surface area contributed by atoms with E-state index in [0.29, 0.717) is 5.95 Å². The van der Waals surface area contributed by atoms with Gasteiger partial charge in [0.05, 0.1) is 16.7 Å². The number of aromatic nitrogens is 2. The highest BCUT2D eigenvalue weighted by Crippen LogP contribution is 2.28. The van der Waals surface area contributed by atoms with E-state index < -0.39 is 0 Å². The summed E-state index contributed by atoms with van der Waals surface area (Å²) in [5.74, 6) is 1.59. The van der Waals surface area contributed by atoms with E-state index in [1.165, 1.54) is 0 Å². The van der Waals surface area contributed by atoms with Crippen LogP contribution in [0, 0.1) is 0 Å². The number of ether oxygens (including phenoxy) is 1. The fourth-order valence-electron chi connectivity index (χ4n) is 2.02. The van der Waals surface area contributed by atoms with Gasteiger partial charge in [0, 0.05) is 25.8 Å². The van der Waals surface area contributed by atoms with Crippen LogP contribution in [0.15, 0.2) is 10.7 Å². The molecule has 0 saturated carbocycles. The van der Waals surface area contributed by atoms with Crippen LogP contribution in [0.1, 0.15) is 20.8 Å². The maximum Gasteiger partial charge on any atom is 0.224 e. The summed E-state index contributed by atoms with van der Waals surface area (Å²) in [6.07, 6.45) is 1.79. The van der Waals surface area contributed by atoms with Crippen LogP contribution in [0.25, 0.3) is 0 Å². The van der Waals surface area contributed by atoms with Crippen LogP contribution in [0.4, 0.5) is 11.8 Å². The third-order valence-electron chi connectivity index (χ3n) is 2.79. The average molecular weight is 315 g/mol. The van der Waals surface area contributed by atoms with Crippen LogP contribution in [0.2, 0.25) is 0 Å². The second-order valence-electron chi connectivity index (χ2n) is 4.93. The number of hydrogen-bond acceptors (Lipinski definition) is 5. The Balaban J connectivity index is 2.23. The molecule has 18 heavy (non-hydrogen) atoms. The lowest BCUT2D eigenvalue weighted by atomic mass is 10.1. The molecule has 100 valence electrons. The topological polar surface area (TPSA) is 50.3 Å². The third kappa shape index (κ3) is 3.11. The second-order valence-corrected chi connectivity index (χ2v) is 5.78. The zero-order valence-corrected chi connectivity index (χ0v) is 12.6. The molecular formula is C12H19BrN4O. The third-order valence-corrected chi connectivity index (χ3v) is 3.35. The number of anilines is 2. The van der Waals surface area contributed by atoms with E-state index >= 15 is 0 Å². The Kier molecular flexibility index (Phi) is 4.07. The Morgan fingerprint density at radius 1 is 1.56 bits per heavy atom. The normalized spacial score (nSPS) is 18.8.